The molecule has 5 nitrogen and oxygen atoms in total. The molecule has 1 saturated carbocycles. The molecule has 1 spiro atoms. The topological polar surface area (TPSA) is 53.0 Å². The van der Waals surface area contributed by atoms with Crippen molar-refractivity contribution in [1.82, 2.24) is 9.80 Å². The number of carbonyl (C=O) groups excluding carboxylic acids is 1. The van der Waals surface area contributed by atoms with Crippen LogP contribution in [-0.2, 0) is 22.8 Å². The number of hydrogen-bond donors (Lipinski definition) is 1. The van der Waals surface area contributed by atoms with Gasteiger partial charge in [0, 0.05) is 35.6 Å². The largest absolute Gasteiger partial charge is 0.504 e. The summed E-state index contributed by atoms with van der Waals surface area (Å²) in [5.41, 5.74) is 1.53. The first kappa shape index (κ1) is 24.2. The number of nitrogens with zero attached hydrogens (tertiary/aromatic N) is 2. The van der Waals surface area contributed by atoms with Crippen molar-refractivity contribution in [3.63, 3.8) is 0 Å². The van der Waals surface area contributed by atoms with Gasteiger partial charge in [0.2, 0.25) is 0 Å². The van der Waals surface area contributed by atoms with Crippen LogP contribution < -0.4 is 4.74 Å². The van der Waals surface area contributed by atoms with E-state index in [9.17, 15) is 23.1 Å². The molecule has 2 aliphatic heterocycles. The predicted molar refractivity (Wildman–Crippen MR) is 131 cm³/mol. The molecule has 194 valence electrons. The van der Waals surface area contributed by atoms with Gasteiger partial charge in [-0.1, -0.05) is 18.9 Å². The average molecular weight is 511 g/mol. The lowest BCUT2D eigenvalue weighted by Crippen LogP contribution is -2.73. The summed E-state index contributed by atoms with van der Waals surface area (Å²) in [6.45, 7) is 3.25. The second-order valence-electron chi connectivity index (χ2n) is 11.2. The third-order valence-corrected chi connectivity index (χ3v) is 9.61. The van der Waals surface area contributed by atoms with Gasteiger partial charge in [0.15, 0.2) is 11.5 Å². The molecule has 4 aliphatic rings. The smallest absolute Gasteiger partial charge is 0.416 e. The Bertz CT molecular complexity index is 1350. The first-order valence-electron chi connectivity index (χ1n) is 12.7. The Morgan fingerprint density at radius 2 is 1.92 bits per heavy atom. The number of ether oxygens (including phenoxy) is 1. The molecule has 1 saturated heterocycles. The molecule has 2 bridgehead atoms. The summed E-state index contributed by atoms with van der Waals surface area (Å²) >= 11 is 0. The molecule has 1 N–H and O–H groups in total. The van der Waals surface area contributed by atoms with E-state index in [0.29, 0.717) is 17.4 Å². The fourth-order valence-corrected chi connectivity index (χ4v) is 7.71. The summed E-state index contributed by atoms with van der Waals surface area (Å²) < 4.78 is 45.1. The minimum atomic E-state index is -4.42. The second kappa shape index (κ2) is 7.91. The fourth-order valence-electron chi connectivity index (χ4n) is 7.71. The standard InChI is InChI=1S/C29H29F3N2O3/c1-27-13-12-20(34(3)23(36)11-6-17-4-8-19(9-5-17)29(30,31)32)26-28(27)14-15-33(2)22(27)16-18-7-10-21(35)25(37-26)24(18)28/h4-5,7-10,20,22,26,35H,12-16H2,1-3H3/t20-,22+,26-,27-,28-/m0/s1. The molecule has 2 heterocycles. The van der Waals surface area contributed by atoms with Crippen LogP contribution in [0, 0.1) is 17.3 Å². The normalized spacial score (nSPS) is 31.6. The van der Waals surface area contributed by atoms with Gasteiger partial charge in [-0.2, -0.15) is 13.2 Å². The van der Waals surface area contributed by atoms with Crippen LogP contribution in [0.2, 0.25) is 0 Å². The number of hydrogen-bond acceptors (Lipinski definition) is 4. The average Bonchev–Trinajstić information content (AvgIpc) is 3.21. The maximum Gasteiger partial charge on any atom is 0.416 e. The number of phenolic OH excluding ortho intramolecular Hbond substituents is 1. The Morgan fingerprint density at radius 3 is 2.62 bits per heavy atom. The van der Waals surface area contributed by atoms with Gasteiger partial charge in [-0.05, 0) is 80.6 Å². The predicted octanol–water partition coefficient (Wildman–Crippen LogP) is 4.35. The summed E-state index contributed by atoms with van der Waals surface area (Å²) in [7, 11) is 3.90. The van der Waals surface area contributed by atoms with E-state index in [1.807, 2.05) is 6.07 Å². The highest BCUT2D eigenvalue weighted by molar-refractivity contribution is 5.94. The van der Waals surface area contributed by atoms with Crippen LogP contribution in [0.1, 0.15) is 48.4 Å². The Labute approximate surface area is 214 Å². The van der Waals surface area contributed by atoms with Gasteiger partial charge in [0.1, 0.15) is 6.10 Å². The number of phenols is 1. The van der Waals surface area contributed by atoms with Crippen LogP contribution in [0.25, 0.3) is 0 Å². The van der Waals surface area contributed by atoms with E-state index >= 15 is 0 Å². The van der Waals surface area contributed by atoms with Gasteiger partial charge >= 0.3 is 6.18 Å². The second-order valence-corrected chi connectivity index (χ2v) is 11.2. The minimum absolute atomic E-state index is 0.0665. The molecule has 5 atom stereocenters. The molecule has 6 rings (SSSR count). The van der Waals surface area contributed by atoms with Crippen molar-refractivity contribution >= 4 is 5.91 Å². The van der Waals surface area contributed by atoms with Gasteiger partial charge in [0.25, 0.3) is 5.91 Å². The molecular formula is C29H29F3N2O3. The lowest BCUT2D eigenvalue weighted by atomic mass is 9.43. The van der Waals surface area contributed by atoms with Gasteiger partial charge in [0.05, 0.1) is 11.6 Å². The highest BCUT2D eigenvalue weighted by Gasteiger charge is 2.71. The molecule has 8 heteroatoms. The van der Waals surface area contributed by atoms with E-state index in [4.69, 9.17) is 4.74 Å². The molecular weight excluding hydrogens is 481 g/mol. The molecule has 0 radical (unpaired) electrons. The Balaban J connectivity index is 1.33. The van der Waals surface area contributed by atoms with Crippen LogP contribution in [-0.4, -0.2) is 59.6 Å². The summed E-state index contributed by atoms with van der Waals surface area (Å²) in [5.74, 6) is 5.62. The summed E-state index contributed by atoms with van der Waals surface area (Å²) in [4.78, 5) is 17.3. The van der Waals surface area contributed by atoms with Crippen LogP contribution >= 0.6 is 0 Å². The van der Waals surface area contributed by atoms with Crippen molar-refractivity contribution in [2.24, 2.45) is 5.41 Å². The number of carbonyl (C=O) groups is 1. The van der Waals surface area contributed by atoms with Crippen molar-refractivity contribution in [2.45, 2.75) is 62.4 Å². The van der Waals surface area contributed by atoms with Crippen molar-refractivity contribution in [2.75, 3.05) is 20.6 Å². The highest BCUT2D eigenvalue weighted by Crippen LogP contribution is 2.69. The third kappa shape index (κ3) is 3.26. The SMILES string of the molecule is CN1CC[C@]23c4c5ccc(O)c4O[C@H]2[C@@H](N(C)C(=O)C#Cc2ccc(C(F)(F)F)cc2)CC[C@@]3(C)[C@H]1C5. The zero-order valence-corrected chi connectivity index (χ0v) is 21.0. The molecule has 2 aliphatic carbocycles. The van der Waals surface area contributed by atoms with Gasteiger partial charge in [-0.25, -0.2) is 0 Å². The van der Waals surface area contributed by atoms with E-state index in [2.05, 4.69) is 30.7 Å². The van der Waals surface area contributed by atoms with Gasteiger partial charge < -0.3 is 19.6 Å². The monoisotopic (exact) mass is 510 g/mol. The zero-order chi connectivity index (χ0) is 26.3. The minimum Gasteiger partial charge on any atom is -0.504 e. The molecule has 0 unspecified atom stereocenters. The number of aromatic hydroxyl groups is 1. The summed E-state index contributed by atoms with van der Waals surface area (Å²) in [6, 6.07) is 8.30. The summed E-state index contributed by atoms with van der Waals surface area (Å²) in [5, 5.41) is 10.7. The van der Waals surface area contributed by atoms with E-state index in [1.54, 1.807) is 18.0 Å². The molecule has 0 aromatic heterocycles. The number of benzene rings is 2. The Morgan fingerprint density at radius 1 is 1.19 bits per heavy atom. The van der Waals surface area contributed by atoms with E-state index in [-0.39, 0.29) is 28.7 Å². The van der Waals surface area contributed by atoms with E-state index < -0.39 is 17.6 Å². The fraction of sp³-hybridized carbons (Fsp3) is 0.483. The molecule has 2 aromatic carbocycles. The van der Waals surface area contributed by atoms with Crippen molar-refractivity contribution in [1.29, 1.82) is 0 Å². The first-order chi connectivity index (χ1) is 17.5. The molecule has 2 aromatic rings. The lowest BCUT2D eigenvalue weighted by Gasteiger charge is -2.65. The number of likely N-dealkylation sites (tertiary alicyclic amines) is 1. The maximum absolute atomic E-state index is 13.2. The van der Waals surface area contributed by atoms with Gasteiger partial charge in [-0.3, -0.25) is 4.79 Å². The Hall–Kier alpha value is -3.18. The maximum atomic E-state index is 13.2. The zero-order valence-electron chi connectivity index (χ0n) is 21.0. The van der Waals surface area contributed by atoms with Crippen LogP contribution in [0.3, 0.4) is 0 Å². The lowest BCUT2D eigenvalue weighted by molar-refractivity contribution is -0.147. The summed E-state index contributed by atoms with van der Waals surface area (Å²) in [6.07, 6.45) is -1.30. The number of halogens is 3. The number of likely N-dealkylation sites (N-methyl/N-ethyl adjacent to an activating group) is 2. The molecule has 1 amide bonds. The van der Waals surface area contributed by atoms with Crippen molar-refractivity contribution in [3.8, 4) is 23.3 Å². The third-order valence-electron chi connectivity index (χ3n) is 9.61. The van der Waals surface area contributed by atoms with Crippen LogP contribution in [0.15, 0.2) is 36.4 Å². The highest BCUT2D eigenvalue weighted by atomic mass is 19.4. The first-order valence-corrected chi connectivity index (χ1v) is 12.7. The Kier molecular flexibility index (Phi) is 5.17. The van der Waals surface area contributed by atoms with Crippen molar-refractivity contribution < 1.29 is 27.8 Å². The molecule has 37 heavy (non-hydrogen) atoms. The quantitative estimate of drug-likeness (QED) is 0.580. The van der Waals surface area contributed by atoms with Crippen molar-refractivity contribution in [3.05, 3.63) is 58.7 Å². The van der Waals surface area contributed by atoms with E-state index in [1.165, 1.54) is 17.7 Å². The van der Waals surface area contributed by atoms with E-state index in [0.717, 1.165) is 49.9 Å². The number of piperidine rings is 1. The van der Waals surface area contributed by atoms with Crippen LogP contribution in [0.4, 0.5) is 13.2 Å². The number of amides is 1. The van der Waals surface area contributed by atoms with Gasteiger partial charge in [-0.15, -0.1) is 0 Å². The van der Waals surface area contributed by atoms with Crippen LogP contribution in [0.5, 0.6) is 11.5 Å². The molecule has 2 fully saturated rings. The number of rotatable bonds is 1. The number of alkyl halides is 3.